The van der Waals surface area contributed by atoms with E-state index in [0.717, 1.165) is 31.9 Å². The molecule has 0 radical (unpaired) electrons. The maximum atomic E-state index is 10.6. The van der Waals surface area contributed by atoms with Crippen LogP contribution in [0.3, 0.4) is 0 Å². The molecule has 0 amide bonds. The lowest BCUT2D eigenvalue weighted by Gasteiger charge is -2.36. The summed E-state index contributed by atoms with van der Waals surface area (Å²) in [5, 5.41) is 24.9. The summed E-state index contributed by atoms with van der Waals surface area (Å²) < 4.78 is 1.73. The zero-order valence-corrected chi connectivity index (χ0v) is 13.2. The lowest BCUT2D eigenvalue weighted by Crippen LogP contribution is -2.49. The first-order valence-corrected chi connectivity index (χ1v) is 7.85. The van der Waals surface area contributed by atoms with E-state index in [9.17, 15) is 15.2 Å². The largest absolute Gasteiger partial charge is 0.390 e. The zero-order valence-electron chi connectivity index (χ0n) is 13.2. The molecule has 2 aromatic heterocycles. The number of pyridine rings is 1. The molecular weight excluding hydrogens is 312 g/mol. The van der Waals surface area contributed by atoms with E-state index < -0.39 is 11.0 Å². The molecule has 1 N–H and O–H groups in total. The van der Waals surface area contributed by atoms with Gasteiger partial charge in [-0.1, -0.05) is 0 Å². The summed E-state index contributed by atoms with van der Waals surface area (Å²) in [6.45, 7) is 4.34. The molecule has 1 unspecified atom stereocenters. The van der Waals surface area contributed by atoms with Crippen LogP contribution in [0, 0.1) is 10.1 Å². The van der Waals surface area contributed by atoms with Crippen LogP contribution in [0.5, 0.6) is 0 Å². The van der Waals surface area contributed by atoms with Gasteiger partial charge in [0.05, 0.1) is 18.3 Å². The van der Waals surface area contributed by atoms with Crippen molar-refractivity contribution in [3.05, 3.63) is 46.9 Å². The van der Waals surface area contributed by atoms with Crippen LogP contribution in [0.25, 0.3) is 0 Å². The fraction of sp³-hybridized carbons (Fsp3) is 0.467. The van der Waals surface area contributed by atoms with Crippen LogP contribution in [0.2, 0.25) is 0 Å². The highest BCUT2D eigenvalue weighted by Gasteiger charge is 2.21. The number of aliphatic hydroxyl groups excluding tert-OH is 1. The van der Waals surface area contributed by atoms with Crippen molar-refractivity contribution in [3.63, 3.8) is 0 Å². The summed E-state index contributed by atoms with van der Waals surface area (Å²) in [7, 11) is 0. The minimum absolute atomic E-state index is 0.140. The van der Waals surface area contributed by atoms with Crippen LogP contribution >= 0.6 is 0 Å². The Morgan fingerprint density at radius 1 is 1.25 bits per heavy atom. The molecule has 24 heavy (non-hydrogen) atoms. The second kappa shape index (κ2) is 7.37. The van der Waals surface area contributed by atoms with Gasteiger partial charge in [-0.2, -0.15) is 5.10 Å². The van der Waals surface area contributed by atoms with E-state index in [2.05, 4.69) is 19.9 Å². The fourth-order valence-electron chi connectivity index (χ4n) is 2.84. The van der Waals surface area contributed by atoms with Crippen molar-refractivity contribution < 1.29 is 10.0 Å². The van der Waals surface area contributed by atoms with Gasteiger partial charge in [0.1, 0.15) is 0 Å². The third kappa shape index (κ3) is 4.06. The maximum Gasteiger partial charge on any atom is 0.363 e. The molecule has 3 heterocycles. The van der Waals surface area contributed by atoms with E-state index in [1.165, 1.54) is 6.07 Å². The van der Waals surface area contributed by atoms with Crippen LogP contribution < -0.4 is 4.90 Å². The number of aliphatic hydroxyl groups is 1. The Bertz CT molecular complexity index is 652. The van der Waals surface area contributed by atoms with Gasteiger partial charge >= 0.3 is 5.82 Å². The molecule has 0 spiro atoms. The lowest BCUT2D eigenvalue weighted by molar-refractivity contribution is -0.389. The normalized spacial score (nSPS) is 17.0. The molecule has 1 aliphatic rings. The van der Waals surface area contributed by atoms with Crippen LogP contribution in [-0.4, -0.2) is 68.5 Å². The first-order valence-electron chi connectivity index (χ1n) is 7.85. The monoisotopic (exact) mass is 332 g/mol. The Labute approximate surface area is 139 Å². The van der Waals surface area contributed by atoms with Gasteiger partial charge in [0.2, 0.25) is 0 Å². The molecule has 0 aliphatic carbocycles. The molecule has 0 saturated carbocycles. The molecular formula is C15H20N6O3. The standard InChI is InChI=1S/C15H20N6O3/c22-14(12-20-5-1-4-17-20)11-18-6-8-19(9-7-18)13-2-3-15(16-10-13)21(23)24/h1-5,10,14,22H,6-9,11-12H2. The van der Waals surface area contributed by atoms with Crippen molar-refractivity contribution in [2.75, 3.05) is 37.6 Å². The number of aromatic nitrogens is 3. The van der Waals surface area contributed by atoms with Gasteiger partial charge in [0.25, 0.3) is 0 Å². The number of hydrogen-bond donors (Lipinski definition) is 1. The molecule has 0 aromatic carbocycles. The summed E-state index contributed by atoms with van der Waals surface area (Å²) in [4.78, 5) is 18.4. The summed E-state index contributed by atoms with van der Waals surface area (Å²) in [6, 6.07) is 4.99. The van der Waals surface area contributed by atoms with Gasteiger partial charge in [0, 0.05) is 51.2 Å². The first kappa shape index (κ1) is 16.3. The van der Waals surface area contributed by atoms with E-state index in [4.69, 9.17) is 0 Å². The van der Waals surface area contributed by atoms with Gasteiger partial charge in [-0.15, -0.1) is 0 Å². The Morgan fingerprint density at radius 3 is 2.62 bits per heavy atom. The van der Waals surface area contributed by atoms with Crippen molar-refractivity contribution in [1.29, 1.82) is 0 Å². The molecule has 1 aliphatic heterocycles. The number of rotatable bonds is 6. The zero-order chi connectivity index (χ0) is 16.9. The molecule has 2 aromatic rings. The average Bonchev–Trinajstić information content (AvgIpc) is 3.08. The summed E-state index contributed by atoms with van der Waals surface area (Å²) in [6.07, 6.45) is 4.62. The Morgan fingerprint density at radius 2 is 2.04 bits per heavy atom. The van der Waals surface area contributed by atoms with Crippen molar-refractivity contribution in [2.45, 2.75) is 12.6 Å². The molecule has 9 heteroatoms. The van der Waals surface area contributed by atoms with Gasteiger partial charge in [-0.3, -0.25) is 9.58 Å². The smallest absolute Gasteiger partial charge is 0.363 e. The number of hydrogen-bond acceptors (Lipinski definition) is 7. The van der Waals surface area contributed by atoms with Crippen LogP contribution in [-0.2, 0) is 6.54 Å². The summed E-state index contributed by atoms with van der Waals surface area (Å²) >= 11 is 0. The highest BCUT2D eigenvalue weighted by atomic mass is 16.6. The second-order valence-corrected chi connectivity index (χ2v) is 5.80. The van der Waals surface area contributed by atoms with Gasteiger partial charge < -0.3 is 20.1 Å². The predicted octanol–water partition coefficient (Wildman–Crippen LogP) is 0.369. The van der Waals surface area contributed by atoms with Crippen molar-refractivity contribution in [2.24, 2.45) is 0 Å². The minimum atomic E-state index is -0.497. The van der Waals surface area contributed by atoms with Crippen molar-refractivity contribution >= 4 is 11.5 Å². The average molecular weight is 332 g/mol. The van der Waals surface area contributed by atoms with E-state index in [1.807, 2.05) is 12.3 Å². The Kier molecular flexibility index (Phi) is 5.02. The van der Waals surface area contributed by atoms with Gasteiger partial charge in [-0.25, -0.2) is 0 Å². The van der Waals surface area contributed by atoms with Crippen LogP contribution in [0.15, 0.2) is 36.8 Å². The predicted molar refractivity (Wildman–Crippen MR) is 87.8 cm³/mol. The molecule has 1 atom stereocenters. The van der Waals surface area contributed by atoms with Crippen molar-refractivity contribution in [3.8, 4) is 0 Å². The first-order chi connectivity index (χ1) is 11.6. The van der Waals surface area contributed by atoms with Crippen LogP contribution in [0.1, 0.15) is 0 Å². The van der Waals surface area contributed by atoms with Gasteiger partial charge in [-0.05, 0) is 22.0 Å². The lowest BCUT2D eigenvalue weighted by atomic mass is 10.2. The highest BCUT2D eigenvalue weighted by molar-refractivity contribution is 5.46. The highest BCUT2D eigenvalue weighted by Crippen LogP contribution is 2.18. The molecule has 3 rings (SSSR count). The maximum absolute atomic E-state index is 10.6. The number of nitro groups is 1. The molecule has 9 nitrogen and oxygen atoms in total. The van der Waals surface area contributed by atoms with E-state index in [-0.39, 0.29) is 5.82 Å². The number of piperazine rings is 1. The molecule has 1 fully saturated rings. The quantitative estimate of drug-likeness (QED) is 0.602. The SMILES string of the molecule is O=[N+]([O-])c1ccc(N2CCN(CC(O)Cn3cccn3)CC2)cn1. The molecule has 128 valence electrons. The van der Waals surface area contributed by atoms with E-state index >= 15 is 0 Å². The van der Waals surface area contributed by atoms with Gasteiger partial charge in [0.15, 0.2) is 6.20 Å². The summed E-state index contributed by atoms with van der Waals surface area (Å²) in [5.74, 6) is -0.140. The molecule has 1 saturated heterocycles. The minimum Gasteiger partial charge on any atom is -0.390 e. The fourth-order valence-corrected chi connectivity index (χ4v) is 2.84. The van der Waals surface area contributed by atoms with Crippen molar-refractivity contribution in [1.82, 2.24) is 19.7 Å². The number of anilines is 1. The van der Waals surface area contributed by atoms with E-state index in [1.54, 1.807) is 23.1 Å². The van der Waals surface area contributed by atoms with E-state index in [0.29, 0.717) is 13.1 Å². The summed E-state index contributed by atoms with van der Waals surface area (Å²) in [5.41, 5.74) is 0.886. The second-order valence-electron chi connectivity index (χ2n) is 5.80. The number of nitrogens with zero attached hydrogens (tertiary/aromatic N) is 6. The molecule has 0 bridgehead atoms. The number of β-amino-alcohol motifs (C(OH)–C–C–N with tert-alkyl or cyclic N) is 1. The Hall–Kier alpha value is -2.52. The topological polar surface area (TPSA) is 101 Å². The third-order valence-corrected chi connectivity index (χ3v) is 4.08. The van der Waals surface area contributed by atoms with Crippen LogP contribution in [0.4, 0.5) is 11.5 Å². The Balaban J connectivity index is 1.47. The third-order valence-electron chi connectivity index (χ3n) is 4.08.